The topological polar surface area (TPSA) is 52.6 Å². The Labute approximate surface area is 115 Å². The van der Waals surface area contributed by atoms with Crippen molar-refractivity contribution in [3.63, 3.8) is 0 Å². The number of methoxy groups -OCH3 is 1. The van der Waals surface area contributed by atoms with Crippen LogP contribution in [-0.2, 0) is 9.47 Å². The summed E-state index contributed by atoms with van der Waals surface area (Å²) in [5, 5.41) is 3.38. The van der Waals surface area contributed by atoms with Gasteiger partial charge in [0.05, 0.1) is 38.7 Å². The van der Waals surface area contributed by atoms with Crippen molar-refractivity contribution >= 4 is 0 Å². The van der Waals surface area contributed by atoms with Gasteiger partial charge in [-0.2, -0.15) is 0 Å². The van der Waals surface area contributed by atoms with Gasteiger partial charge in [0, 0.05) is 13.3 Å². The van der Waals surface area contributed by atoms with Gasteiger partial charge >= 0.3 is 0 Å². The van der Waals surface area contributed by atoms with Gasteiger partial charge in [-0.25, -0.2) is 0 Å². The third-order valence-corrected chi connectivity index (χ3v) is 2.61. The largest absolute Gasteiger partial charge is 0.492 e. The minimum atomic E-state index is 0.120. The highest BCUT2D eigenvalue weighted by Crippen LogP contribution is 2.18. The maximum absolute atomic E-state index is 5.59. The van der Waals surface area contributed by atoms with Gasteiger partial charge in [0.1, 0.15) is 5.75 Å². The first-order valence-electron chi connectivity index (χ1n) is 6.69. The quantitative estimate of drug-likeness (QED) is 0.656. The van der Waals surface area contributed by atoms with Crippen LogP contribution in [0.4, 0.5) is 0 Å². The van der Waals surface area contributed by atoms with Crippen molar-refractivity contribution in [3.05, 3.63) is 24.0 Å². The molecule has 0 fully saturated rings. The van der Waals surface area contributed by atoms with Gasteiger partial charge < -0.3 is 19.5 Å². The number of rotatable bonds is 10. The van der Waals surface area contributed by atoms with E-state index in [9.17, 15) is 0 Å². The molecule has 0 bridgehead atoms. The van der Waals surface area contributed by atoms with Crippen molar-refractivity contribution in [2.24, 2.45) is 0 Å². The summed E-state index contributed by atoms with van der Waals surface area (Å²) in [6, 6.07) is 2.12. The van der Waals surface area contributed by atoms with Crippen LogP contribution in [0.3, 0.4) is 0 Å². The normalized spacial score (nSPS) is 12.4. The molecule has 1 rings (SSSR count). The minimum absolute atomic E-state index is 0.120. The highest BCUT2D eigenvalue weighted by Gasteiger charge is 2.11. The first kappa shape index (κ1) is 15.9. The summed E-state index contributed by atoms with van der Waals surface area (Å²) >= 11 is 0. The van der Waals surface area contributed by atoms with Gasteiger partial charge in [-0.1, -0.05) is 6.92 Å². The van der Waals surface area contributed by atoms with Crippen LogP contribution in [0.15, 0.2) is 18.5 Å². The first-order chi connectivity index (χ1) is 9.31. The lowest BCUT2D eigenvalue weighted by molar-refractivity contribution is 0.0587. The Kier molecular flexibility index (Phi) is 8.13. The number of nitrogens with zero attached hydrogens (tertiary/aromatic N) is 1. The van der Waals surface area contributed by atoms with Gasteiger partial charge in [0.25, 0.3) is 0 Å². The van der Waals surface area contributed by atoms with E-state index in [1.807, 2.05) is 19.2 Å². The predicted octanol–water partition coefficient (Wildman–Crippen LogP) is 1.79. The van der Waals surface area contributed by atoms with E-state index in [4.69, 9.17) is 14.2 Å². The van der Waals surface area contributed by atoms with Crippen molar-refractivity contribution in [1.29, 1.82) is 0 Å². The molecule has 0 radical (unpaired) electrons. The van der Waals surface area contributed by atoms with E-state index in [0.717, 1.165) is 17.9 Å². The molecular weight excluding hydrogens is 244 g/mol. The fraction of sp³-hybridized carbons (Fsp3) is 0.643. The molecule has 5 heteroatoms. The molecule has 1 atom stereocenters. The molecule has 0 aliphatic heterocycles. The fourth-order valence-corrected chi connectivity index (χ4v) is 1.73. The second kappa shape index (κ2) is 9.72. The number of nitrogens with one attached hydrogen (secondary N) is 1. The second-order valence-electron chi connectivity index (χ2n) is 4.06. The Morgan fingerprint density at radius 3 is 2.79 bits per heavy atom. The molecule has 0 aliphatic carbocycles. The smallest absolute Gasteiger partial charge is 0.137 e. The maximum Gasteiger partial charge on any atom is 0.137 e. The Morgan fingerprint density at radius 1 is 1.26 bits per heavy atom. The highest BCUT2D eigenvalue weighted by molar-refractivity contribution is 5.26. The molecule has 0 amide bonds. The molecule has 1 heterocycles. The van der Waals surface area contributed by atoms with E-state index in [0.29, 0.717) is 26.4 Å². The lowest BCUT2D eigenvalue weighted by Crippen LogP contribution is -2.26. The van der Waals surface area contributed by atoms with Crippen LogP contribution >= 0.6 is 0 Å². The Bertz CT molecular complexity index is 347. The molecule has 0 aliphatic rings. The zero-order valence-electron chi connectivity index (χ0n) is 12.0. The molecule has 5 nitrogen and oxygen atoms in total. The molecule has 1 unspecified atom stereocenters. The van der Waals surface area contributed by atoms with Crippen molar-refractivity contribution in [1.82, 2.24) is 10.3 Å². The summed E-state index contributed by atoms with van der Waals surface area (Å²) in [7, 11) is 1.67. The number of likely N-dealkylation sites (N-methyl/N-ethyl adjacent to an activating group) is 1. The van der Waals surface area contributed by atoms with Crippen molar-refractivity contribution < 1.29 is 14.2 Å². The molecule has 0 spiro atoms. The molecule has 1 aromatic rings. The summed E-state index contributed by atoms with van der Waals surface area (Å²) in [5.74, 6) is 0.791. The van der Waals surface area contributed by atoms with E-state index in [-0.39, 0.29) is 6.04 Å². The van der Waals surface area contributed by atoms with E-state index < -0.39 is 0 Å². The van der Waals surface area contributed by atoms with Gasteiger partial charge in [-0.15, -0.1) is 0 Å². The van der Waals surface area contributed by atoms with Gasteiger partial charge in [0.2, 0.25) is 0 Å². The molecule has 0 saturated heterocycles. The zero-order chi connectivity index (χ0) is 13.9. The van der Waals surface area contributed by atoms with Gasteiger partial charge in [-0.3, -0.25) is 4.98 Å². The van der Waals surface area contributed by atoms with Crippen LogP contribution in [0, 0.1) is 0 Å². The van der Waals surface area contributed by atoms with Crippen LogP contribution in [0.25, 0.3) is 0 Å². The van der Waals surface area contributed by atoms with Crippen molar-refractivity contribution in [2.75, 3.05) is 40.1 Å². The lowest BCUT2D eigenvalue weighted by Gasteiger charge is -2.18. The maximum atomic E-state index is 5.59. The minimum Gasteiger partial charge on any atom is -0.492 e. The standard InChI is InChI=1S/C14H24N2O3/c1-4-16-14(11-18-7-6-17-3)12-8-13(19-5-2)10-15-9-12/h8-10,14,16H,4-7,11H2,1-3H3. The molecule has 0 saturated carbocycles. The molecule has 1 N–H and O–H groups in total. The number of pyridine rings is 1. The van der Waals surface area contributed by atoms with E-state index in [1.165, 1.54) is 0 Å². The molecule has 19 heavy (non-hydrogen) atoms. The number of ether oxygens (including phenoxy) is 3. The second-order valence-corrected chi connectivity index (χ2v) is 4.06. The van der Waals surface area contributed by atoms with Crippen LogP contribution < -0.4 is 10.1 Å². The number of hydrogen-bond acceptors (Lipinski definition) is 5. The van der Waals surface area contributed by atoms with Crippen LogP contribution in [-0.4, -0.2) is 45.1 Å². The Hall–Kier alpha value is -1.17. The first-order valence-corrected chi connectivity index (χ1v) is 6.69. The van der Waals surface area contributed by atoms with Crippen molar-refractivity contribution in [3.8, 4) is 5.75 Å². The zero-order valence-corrected chi connectivity index (χ0v) is 12.0. The molecule has 1 aromatic heterocycles. The average Bonchev–Trinajstić information content (AvgIpc) is 2.43. The third-order valence-electron chi connectivity index (χ3n) is 2.61. The molecular formula is C14H24N2O3. The van der Waals surface area contributed by atoms with E-state index in [1.54, 1.807) is 13.3 Å². The summed E-state index contributed by atoms with van der Waals surface area (Å²) in [5.41, 5.74) is 1.07. The summed E-state index contributed by atoms with van der Waals surface area (Å²) in [6.07, 6.45) is 3.57. The lowest BCUT2D eigenvalue weighted by atomic mass is 10.1. The molecule has 0 aromatic carbocycles. The Morgan fingerprint density at radius 2 is 2.11 bits per heavy atom. The fourth-order valence-electron chi connectivity index (χ4n) is 1.73. The van der Waals surface area contributed by atoms with E-state index >= 15 is 0 Å². The van der Waals surface area contributed by atoms with Crippen LogP contribution in [0.5, 0.6) is 5.75 Å². The van der Waals surface area contributed by atoms with Gasteiger partial charge in [-0.05, 0) is 25.1 Å². The van der Waals surface area contributed by atoms with Crippen molar-refractivity contribution in [2.45, 2.75) is 19.9 Å². The summed E-state index contributed by atoms with van der Waals surface area (Å²) in [6.45, 7) is 7.34. The number of hydrogen-bond donors (Lipinski definition) is 1. The molecule has 108 valence electrons. The summed E-state index contributed by atoms with van der Waals surface area (Å²) in [4.78, 5) is 4.21. The third kappa shape index (κ3) is 6.00. The Balaban J connectivity index is 2.60. The van der Waals surface area contributed by atoms with Crippen LogP contribution in [0.1, 0.15) is 25.5 Å². The summed E-state index contributed by atoms with van der Waals surface area (Å²) < 4.78 is 16.0. The van der Waals surface area contributed by atoms with Crippen LogP contribution in [0.2, 0.25) is 0 Å². The number of aromatic nitrogens is 1. The van der Waals surface area contributed by atoms with Gasteiger partial charge in [0.15, 0.2) is 0 Å². The predicted molar refractivity (Wildman–Crippen MR) is 74.5 cm³/mol. The monoisotopic (exact) mass is 268 g/mol. The SMILES string of the molecule is CCNC(COCCOC)c1cncc(OCC)c1. The average molecular weight is 268 g/mol. The highest BCUT2D eigenvalue weighted by atomic mass is 16.5. The van der Waals surface area contributed by atoms with E-state index in [2.05, 4.69) is 17.2 Å².